The zero-order valence-electron chi connectivity index (χ0n) is 19.2. The van der Waals surface area contributed by atoms with E-state index in [0.29, 0.717) is 5.69 Å². The monoisotopic (exact) mass is 495 g/mol. The summed E-state index contributed by atoms with van der Waals surface area (Å²) in [5, 5.41) is 22.4. The number of aromatic hydroxyl groups is 1. The number of halogens is 2. The predicted octanol–water partition coefficient (Wildman–Crippen LogP) is 6.71. The molecule has 1 N–H and O–H groups in total. The van der Waals surface area contributed by atoms with Crippen LogP contribution in [0.1, 0.15) is 0 Å². The van der Waals surface area contributed by atoms with Crippen molar-refractivity contribution in [1.82, 2.24) is 0 Å². The van der Waals surface area contributed by atoms with Crippen LogP contribution in [0.4, 0.5) is 20.2 Å². The van der Waals surface area contributed by atoms with E-state index in [-0.39, 0.29) is 5.69 Å². The summed E-state index contributed by atoms with van der Waals surface area (Å²) in [4.78, 5) is 0. The first-order valence-electron chi connectivity index (χ1n) is 11.4. The van der Waals surface area contributed by atoms with Crippen molar-refractivity contribution in [3.8, 4) is 5.75 Å². The van der Waals surface area contributed by atoms with Gasteiger partial charge in [-0.3, -0.25) is 0 Å². The zero-order valence-corrected chi connectivity index (χ0v) is 20.1. The van der Waals surface area contributed by atoms with Crippen molar-refractivity contribution >= 4 is 39.9 Å². The van der Waals surface area contributed by atoms with Crippen LogP contribution in [0.2, 0.25) is 0 Å². The van der Waals surface area contributed by atoms with Crippen molar-refractivity contribution < 1.29 is 13.9 Å². The van der Waals surface area contributed by atoms with Gasteiger partial charge in [-0.1, -0.05) is 66.7 Å². The Labute approximate surface area is 208 Å². The molecule has 0 bridgehead atoms. The number of phenols is 1. The molecule has 6 heteroatoms. The van der Waals surface area contributed by atoms with E-state index in [2.05, 4.69) is 46.6 Å². The zero-order chi connectivity index (χ0) is 25.0. The molecule has 0 saturated heterocycles. The minimum absolute atomic E-state index is 0.0272. The van der Waals surface area contributed by atoms with E-state index in [4.69, 9.17) is 0 Å². The second-order valence-corrected chi connectivity index (χ2v) is 11.5. The molecule has 0 heterocycles. The maximum Gasteiger partial charge on any atom is 0.187 e. The third-order valence-electron chi connectivity index (χ3n) is 5.95. The van der Waals surface area contributed by atoms with Gasteiger partial charge in [0.25, 0.3) is 0 Å². The normalized spacial score (nSPS) is 11.6. The lowest BCUT2D eigenvalue weighted by Crippen LogP contribution is -2.38. The first-order valence-corrected chi connectivity index (χ1v) is 13.1. The van der Waals surface area contributed by atoms with Crippen LogP contribution in [-0.2, 0) is 0 Å². The summed E-state index contributed by atoms with van der Waals surface area (Å²) in [6, 6.07) is 40.6. The molecule has 3 nitrogen and oxygen atoms in total. The lowest BCUT2D eigenvalue weighted by atomic mass is 10.3. The van der Waals surface area contributed by atoms with Gasteiger partial charge in [0, 0.05) is 12.1 Å². The summed E-state index contributed by atoms with van der Waals surface area (Å²) in [5.74, 6) is -3.20. The van der Waals surface area contributed by atoms with E-state index < -0.39 is 24.6 Å². The molecule has 5 rings (SSSR count). The molecule has 5 aromatic rings. The van der Waals surface area contributed by atoms with Gasteiger partial charge >= 0.3 is 0 Å². The Bertz CT molecular complexity index is 1390. The van der Waals surface area contributed by atoms with E-state index in [1.807, 2.05) is 78.9 Å². The number of rotatable bonds is 6. The van der Waals surface area contributed by atoms with E-state index in [0.717, 1.165) is 33.4 Å². The molecule has 0 aliphatic rings. The molecule has 0 atom stereocenters. The highest BCUT2D eigenvalue weighted by Gasteiger charge is 2.49. The molecule has 0 radical (unpaired) electrons. The predicted molar refractivity (Wildman–Crippen MR) is 143 cm³/mol. The van der Waals surface area contributed by atoms with Crippen LogP contribution in [0.3, 0.4) is 0 Å². The highest BCUT2D eigenvalue weighted by molar-refractivity contribution is 8.01. The van der Waals surface area contributed by atoms with Crippen LogP contribution in [0.15, 0.2) is 138 Å². The number of azo groups is 1. The highest BCUT2D eigenvalue weighted by atomic mass is 31.2. The number of phenolic OH excluding ortho intramolecular Hbond substituents is 1. The van der Waals surface area contributed by atoms with Crippen LogP contribution in [0.25, 0.3) is 0 Å². The minimum atomic E-state index is -2.43. The maximum atomic E-state index is 13.9. The molecule has 36 heavy (non-hydrogen) atoms. The number of hydrogen-bond acceptors (Lipinski definition) is 3. The van der Waals surface area contributed by atoms with Gasteiger partial charge in [-0.25, -0.2) is 8.78 Å². The summed E-state index contributed by atoms with van der Waals surface area (Å²) < 4.78 is 27.8. The third kappa shape index (κ3) is 4.30. The number of hydrogen-bond donors (Lipinski definition) is 1. The Morgan fingerprint density at radius 3 is 1.42 bits per heavy atom. The molecule has 0 unspecified atom stereocenters. The molecular weight excluding hydrogens is 473 g/mol. The summed E-state index contributed by atoms with van der Waals surface area (Å²) >= 11 is 0. The van der Waals surface area contributed by atoms with Gasteiger partial charge in [0.15, 0.2) is 17.4 Å². The van der Waals surface area contributed by atoms with E-state index in [9.17, 15) is 13.9 Å². The van der Waals surface area contributed by atoms with E-state index in [1.165, 1.54) is 0 Å². The van der Waals surface area contributed by atoms with E-state index in [1.54, 1.807) is 0 Å². The van der Waals surface area contributed by atoms with Crippen LogP contribution < -0.4 is 21.2 Å². The summed E-state index contributed by atoms with van der Waals surface area (Å²) in [5.41, 5.74) is 0.567. The first-order chi connectivity index (χ1) is 17.6. The molecule has 0 amide bonds. The van der Waals surface area contributed by atoms with Crippen molar-refractivity contribution in [2.45, 2.75) is 0 Å². The average Bonchev–Trinajstić information content (AvgIpc) is 2.93. The molecule has 0 spiro atoms. The van der Waals surface area contributed by atoms with Crippen LogP contribution in [-0.4, -0.2) is 5.11 Å². The minimum Gasteiger partial charge on any atom is -0.503 e. The molecule has 0 saturated carbocycles. The van der Waals surface area contributed by atoms with Crippen LogP contribution in [0.5, 0.6) is 5.75 Å². The van der Waals surface area contributed by atoms with Gasteiger partial charge in [0.05, 0.1) is 5.69 Å². The van der Waals surface area contributed by atoms with Crippen molar-refractivity contribution in [3.05, 3.63) is 139 Å². The fraction of sp³-hybridized carbons (Fsp3) is 0. The van der Waals surface area contributed by atoms with Gasteiger partial charge in [-0.2, -0.15) is 5.11 Å². The van der Waals surface area contributed by atoms with Crippen molar-refractivity contribution in [1.29, 1.82) is 0 Å². The Kier molecular flexibility index (Phi) is 6.66. The molecule has 0 aromatic heterocycles. The summed E-state index contributed by atoms with van der Waals surface area (Å²) in [7, 11) is -2.43. The lowest BCUT2D eigenvalue weighted by molar-refractivity contribution is 0.396. The van der Waals surface area contributed by atoms with Crippen molar-refractivity contribution in [3.63, 3.8) is 0 Å². The Morgan fingerprint density at radius 1 is 0.528 bits per heavy atom. The highest BCUT2D eigenvalue weighted by Crippen LogP contribution is 2.56. The average molecular weight is 495 g/mol. The second-order valence-electron chi connectivity index (χ2n) is 8.12. The number of benzene rings is 5. The lowest BCUT2D eigenvalue weighted by Gasteiger charge is -2.28. The van der Waals surface area contributed by atoms with Crippen molar-refractivity contribution in [2.75, 3.05) is 0 Å². The molecule has 0 aliphatic heterocycles. The van der Waals surface area contributed by atoms with Gasteiger partial charge in [0.2, 0.25) is 0 Å². The second kappa shape index (κ2) is 10.2. The SMILES string of the molecule is Oc1c(F)cc(N=Nc2ccccc2[P+](c2ccccc2)(c2ccccc2)c2ccccc2)cc1F. The Balaban J connectivity index is 1.79. The standard InChI is InChI=1S/C30H21F2N2OP/c31-26-20-22(21-27(32)30(26)35)33-34-28-18-10-11-19-29(28)36(23-12-4-1-5-13-23,24-14-6-2-7-15-24)25-16-8-3-9-17-25/h1-21H/p+1. The molecule has 5 aromatic carbocycles. The topological polar surface area (TPSA) is 45.0 Å². The molecule has 176 valence electrons. The number of nitrogens with zero attached hydrogens (tertiary/aromatic N) is 2. The van der Waals surface area contributed by atoms with Gasteiger partial charge in [-0.15, -0.1) is 5.11 Å². The maximum absolute atomic E-state index is 13.9. The summed E-state index contributed by atoms with van der Waals surface area (Å²) in [6.07, 6.45) is 0. The molecular formula is C30H22F2N2OP+. The smallest absolute Gasteiger partial charge is 0.187 e. The Morgan fingerprint density at radius 2 is 0.944 bits per heavy atom. The Hall–Kier alpha value is -4.21. The first kappa shape index (κ1) is 23.5. The van der Waals surface area contributed by atoms with Crippen LogP contribution >= 0.6 is 7.26 Å². The summed E-state index contributed by atoms with van der Waals surface area (Å²) in [6.45, 7) is 0. The quantitative estimate of drug-likeness (QED) is 0.207. The fourth-order valence-electron chi connectivity index (χ4n) is 4.37. The van der Waals surface area contributed by atoms with Gasteiger partial charge < -0.3 is 5.11 Å². The van der Waals surface area contributed by atoms with Gasteiger partial charge in [0.1, 0.15) is 34.2 Å². The third-order valence-corrected chi connectivity index (χ3v) is 10.3. The molecule has 0 aliphatic carbocycles. The van der Waals surface area contributed by atoms with E-state index >= 15 is 0 Å². The van der Waals surface area contributed by atoms with Crippen LogP contribution in [0, 0.1) is 11.6 Å². The van der Waals surface area contributed by atoms with Gasteiger partial charge in [-0.05, 0) is 48.5 Å². The van der Waals surface area contributed by atoms with Crippen molar-refractivity contribution in [2.24, 2.45) is 10.2 Å². The molecule has 0 fully saturated rings. The largest absolute Gasteiger partial charge is 0.503 e. The fourth-order valence-corrected chi connectivity index (χ4v) is 8.73.